The molecule has 0 atom stereocenters. The molecule has 100 valence electrons. The van der Waals surface area contributed by atoms with Crippen molar-refractivity contribution in [1.29, 1.82) is 0 Å². The van der Waals surface area contributed by atoms with Gasteiger partial charge in [-0.3, -0.25) is 10.1 Å². The summed E-state index contributed by atoms with van der Waals surface area (Å²) in [5, 5.41) is 10.8. The number of anilines is 1. The van der Waals surface area contributed by atoms with Crippen LogP contribution < -0.4 is 4.90 Å². The molecule has 1 aromatic heterocycles. The van der Waals surface area contributed by atoms with Crippen molar-refractivity contribution in [2.45, 2.75) is 40.0 Å². The van der Waals surface area contributed by atoms with Crippen molar-refractivity contribution in [2.24, 2.45) is 0 Å². The molecular formula is C13H21N3O2. The van der Waals surface area contributed by atoms with Crippen molar-refractivity contribution in [2.75, 3.05) is 18.0 Å². The van der Waals surface area contributed by atoms with Gasteiger partial charge in [0.15, 0.2) is 0 Å². The highest BCUT2D eigenvalue weighted by molar-refractivity contribution is 5.49. The van der Waals surface area contributed by atoms with Gasteiger partial charge >= 0.3 is 0 Å². The molecule has 1 aliphatic heterocycles. The Labute approximate surface area is 108 Å². The molecule has 0 spiro atoms. The SMILES string of the molecule is CC.CCc1cc(N2CCCC2)ncc1[N+](=O)[O-]. The van der Waals surface area contributed by atoms with Gasteiger partial charge in [-0.05, 0) is 25.3 Å². The molecule has 18 heavy (non-hydrogen) atoms. The van der Waals surface area contributed by atoms with Gasteiger partial charge in [0, 0.05) is 18.7 Å². The van der Waals surface area contributed by atoms with Gasteiger partial charge in [-0.25, -0.2) is 4.98 Å². The van der Waals surface area contributed by atoms with Crippen LogP contribution in [0.25, 0.3) is 0 Å². The van der Waals surface area contributed by atoms with E-state index in [4.69, 9.17) is 0 Å². The van der Waals surface area contributed by atoms with Crippen LogP contribution in [0, 0.1) is 10.1 Å². The third-order valence-electron chi connectivity index (χ3n) is 2.96. The molecule has 1 aliphatic rings. The Balaban J connectivity index is 0.000000771. The molecule has 5 heteroatoms. The molecule has 2 rings (SSSR count). The van der Waals surface area contributed by atoms with Crippen LogP contribution in [0.15, 0.2) is 12.3 Å². The van der Waals surface area contributed by atoms with Crippen LogP contribution in [0.3, 0.4) is 0 Å². The summed E-state index contributed by atoms with van der Waals surface area (Å²) in [6, 6.07) is 1.85. The first kappa shape index (κ1) is 14.4. The Bertz CT molecular complexity index is 401. The van der Waals surface area contributed by atoms with Crippen molar-refractivity contribution in [1.82, 2.24) is 4.98 Å². The maximum atomic E-state index is 10.8. The van der Waals surface area contributed by atoms with Gasteiger partial charge in [-0.1, -0.05) is 20.8 Å². The van der Waals surface area contributed by atoms with E-state index in [0.717, 1.165) is 24.5 Å². The fourth-order valence-corrected chi connectivity index (χ4v) is 2.04. The maximum Gasteiger partial charge on any atom is 0.290 e. The topological polar surface area (TPSA) is 59.3 Å². The van der Waals surface area contributed by atoms with Crippen LogP contribution in [0.5, 0.6) is 0 Å². The molecule has 0 saturated carbocycles. The van der Waals surface area contributed by atoms with E-state index in [2.05, 4.69) is 9.88 Å². The Morgan fingerprint density at radius 3 is 2.50 bits per heavy atom. The number of nitro groups is 1. The van der Waals surface area contributed by atoms with E-state index in [1.807, 2.05) is 26.8 Å². The first-order chi connectivity index (χ1) is 8.72. The minimum atomic E-state index is -0.362. The molecule has 0 amide bonds. The highest BCUT2D eigenvalue weighted by atomic mass is 16.6. The standard InChI is InChI=1S/C11H15N3O2.C2H6/c1-2-9-7-11(13-5-3-4-6-13)12-8-10(9)14(15)16;1-2/h7-8H,2-6H2,1H3;1-2H3. The van der Waals surface area contributed by atoms with Crippen LogP contribution in [0.4, 0.5) is 11.5 Å². The van der Waals surface area contributed by atoms with Gasteiger partial charge in [0.05, 0.1) is 4.92 Å². The Morgan fingerprint density at radius 2 is 2.00 bits per heavy atom. The molecule has 0 aromatic carbocycles. The largest absolute Gasteiger partial charge is 0.357 e. The van der Waals surface area contributed by atoms with E-state index in [1.54, 1.807) is 0 Å². The van der Waals surface area contributed by atoms with E-state index in [0.29, 0.717) is 6.42 Å². The van der Waals surface area contributed by atoms with Gasteiger partial charge in [-0.2, -0.15) is 0 Å². The third kappa shape index (κ3) is 3.18. The number of pyridine rings is 1. The minimum Gasteiger partial charge on any atom is -0.357 e. The highest BCUT2D eigenvalue weighted by Crippen LogP contribution is 2.24. The van der Waals surface area contributed by atoms with E-state index in [-0.39, 0.29) is 10.6 Å². The third-order valence-corrected chi connectivity index (χ3v) is 2.96. The fourth-order valence-electron chi connectivity index (χ4n) is 2.04. The van der Waals surface area contributed by atoms with Crippen LogP contribution in [-0.4, -0.2) is 23.0 Å². The fraction of sp³-hybridized carbons (Fsp3) is 0.615. The summed E-state index contributed by atoms with van der Waals surface area (Å²) in [7, 11) is 0. The molecule has 0 unspecified atom stereocenters. The summed E-state index contributed by atoms with van der Waals surface area (Å²) < 4.78 is 0. The summed E-state index contributed by atoms with van der Waals surface area (Å²) >= 11 is 0. The predicted molar refractivity (Wildman–Crippen MR) is 73.1 cm³/mol. The average molecular weight is 251 g/mol. The molecule has 0 radical (unpaired) electrons. The lowest BCUT2D eigenvalue weighted by molar-refractivity contribution is -0.385. The molecule has 2 heterocycles. The number of aryl methyl sites for hydroxylation is 1. The first-order valence-corrected chi connectivity index (χ1v) is 6.60. The highest BCUT2D eigenvalue weighted by Gasteiger charge is 2.18. The summed E-state index contributed by atoms with van der Waals surface area (Å²) in [6.07, 6.45) is 4.41. The summed E-state index contributed by atoms with van der Waals surface area (Å²) in [5.41, 5.74) is 0.896. The van der Waals surface area contributed by atoms with Crippen LogP contribution in [-0.2, 0) is 6.42 Å². The summed E-state index contributed by atoms with van der Waals surface area (Å²) in [6.45, 7) is 7.94. The predicted octanol–water partition coefficient (Wildman–Crippen LogP) is 3.18. The minimum absolute atomic E-state index is 0.130. The van der Waals surface area contributed by atoms with Crippen molar-refractivity contribution in [3.05, 3.63) is 27.9 Å². The van der Waals surface area contributed by atoms with Crippen molar-refractivity contribution >= 4 is 11.5 Å². The van der Waals surface area contributed by atoms with Gasteiger partial charge in [-0.15, -0.1) is 0 Å². The number of hydrogen-bond donors (Lipinski definition) is 0. The van der Waals surface area contributed by atoms with Gasteiger partial charge in [0.1, 0.15) is 12.0 Å². The van der Waals surface area contributed by atoms with Crippen LogP contribution in [0.2, 0.25) is 0 Å². The molecule has 1 aromatic rings. The number of hydrogen-bond acceptors (Lipinski definition) is 4. The second-order valence-electron chi connectivity index (χ2n) is 3.98. The molecule has 5 nitrogen and oxygen atoms in total. The smallest absolute Gasteiger partial charge is 0.290 e. The average Bonchev–Trinajstić information content (AvgIpc) is 2.94. The number of aromatic nitrogens is 1. The zero-order valence-corrected chi connectivity index (χ0v) is 11.3. The van der Waals surface area contributed by atoms with E-state index in [1.165, 1.54) is 19.0 Å². The quantitative estimate of drug-likeness (QED) is 0.611. The Kier molecular flexibility index (Phi) is 5.55. The first-order valence-electron chi connectivity index (χ1n) is 6.60. The summed E-state index contributed by atoms with van der Waals surface area (Å²) in [5.74, 6) is 0.875. The van der Waals surface area contributed by atoms with Crippen molar-refractivity contribution in [3.8, 4) is 0 Å². The second kappa shape index (κ2) is 6.93. The monoisotopic (exact) mass is 251 g/mol. The lowest BCUT2D eigenvalue weighted by Crippen LogP contribution is -2.19. The van der Waals surface area contributed by atoms with Crippen LogP contribution >= 0.6 is 0 Å². The molecular weight excluding hydrogens is 230 g/mol. The van der Waals surface area contributed by atoms with E-state index in [9.17, 15) is 10.1 Å². The van der Waals surface area contributed by atoms with Crippen molar-refractivity contribution < 1.29 is 4.92 Å². The molecule has 0 N–H and O–H groups in total. The normalized spacial score (nSPS) is 14.1. The molecule has 1 saturated heterocycles. The van der Waals surface area contributed by atoms with Crippen LogP contribution in [0.1, 0.15) is 39.2 Å². The summed E-state index contributed by atoms with van der Waals surface area (Å²) in [4.78, 5) is 16.8. The maximum absolute atomic E-state index is 10.8. The van der Waals surface area contributed by atoms with Gasteiger partial charge in [0.25, 0.3) is 5.69 Å². The molecule has 1 fully saturated rings. The van der Waals surface area contributed by atoms with Gasteiger partial charge < -0.3 is 4.90 Å². The number of rotatable bonds is 3. The number of nitrogens with zero attached hydrogens (tertiary/aromatic N) is 3. The van der Waals surface area contributed by atoms with E-state index < -0.39 is 0 Å². The zero-order chi connectivity index (χ0) is 13.5. The lowest BCUT2D eigenvalue weighted by Gasteiger charge is -2.16. The van der Waals surface area contributed by atoms with E-state index >= 15 is 0 Å². The second-order valence-corrected chi connectivity index (χ2v) is 3.98. The zero-order valence-electron chi connectivity index (χ0n) is 11.3. The molecule has 0 aliphatic carbocycles. The Hall–Kier alpha value is -1.65. The lowest BCUT2D eigenvalue weighted by atomic mass is 10.2. The molecule has 0 bridgehead atoms. The van der Waals surface area contributed by atoms with Gasteiger partial charge in [0.2, 0.25) is 0 Å². The van der Waals surface area contributed by atoms with Crippen molar-refractivity contribution in [3.63, 3.8) is 0 Å². The Morgan fingerprint density at radius 1 is 1.39 bits per heavy atom.